The highest BCUT2D eigenvalue weighted by atomic mass is 16.2. The molecule has 154 valence electrons. The Morgan fingerprint density at radius 2 is 1.72 bits per heavy atom. The summed E-state index contributed by atoms with van der Waals surface area (Å²) < 4.78 is 4.87. The van der Waals surface area contributed by atoms with E-state index < -0.39 is 0 Å². The first-order valence-corrected chi connectivity index (χ1v) is 10.5. The molecule has 0 atom stereocenters. The van der Waals surface area contributed by atoms with Crippen LogP contribution in [0, 0.1) is 13.8 Å². The second kappa shape index (κ2) is 7.54. The molecule has 7 heteroatoms. The van der Waals surface area contributed by atoms with E-state index in [0.717, 1.165) is 43.9 Å². The van der Waals surface area contributed by atoms with Gasteiger partial charge in [0.05, 0.1) is 0 Å². The van der Waals surface area contributed by atoms with Gasteiger partial charge in [-0.25, -0.2) is 4.79 Å². The van der Waals surface area contributed by atoms with Crippen LogP contribution in [0.5, 0.6) is 0 Å². The Hall–Kier alpha value is -2.83. The SMILES string of the molecule is CCCCCCn1c(=O)c2c(nc3n2CCN3c2cc(C)cc(C)c2)n(C)c1=O. The summed E-state index contributed by atoms with van der Waals surface area (Å²) >= 11 is 0. The predicted octanol–water partition coefficient (Wildman–Crippen LogP) is 3.25. The van der Waals surface area contributed by atoms with Crippen molar-refractivity contribution in [3.63, 3.8) is 0 Å². The third-order valence-electron chi connectivity index (χ3n) is 5.75. The number of aryl methyl sites for hydroxylation is 3. The van der Waals surface area contributed by atoms with Crippen molar-refractivity contribution < 1.29 is 0 Å². The van der Waals surface area contributed by atoms with Crippen LogP contribution in [-0.4, -0.2) is 25.2 Å². The fourth-order valence-corrected chi connectivity index (χ4v) is 4.32. The number of hydrogen-bond donors (Lipinski definition) is 0. The van der Waals surface area contributed by atoms with Crippen LogP contribution >= 0.6 is 0 Å². The van der Waals surface area contributed by atoms with Crippen LogP contribution in [0.15, 0.2) is 27.8 Å². The first-order valence-electron chi connectivity index (χ1n) is 10.5. The monoisotopic (exact) mass is 395 g/mol. The van der Waals surface area contributed by atoms with Crippen molar-refractivity contribution in [3.8, 4) is 0 Å². The molecule has 0 unspecified atom stereocenters. The normalized spacial score (nSPS) is 13.4. The van der Waals surface area contributed by atoms with Gasteiger partial charge in [0.1, 0.15) is 0 Å². The fraction of sp³-hybridized carbons (Fsp3) is 0.500. The molecule has 0 N–H and O–H groups in total. The highest BCUT2D eigenvalue weighted by Crippen LogP contribution is 2.32. The molecule has 3 heterocycles. The third kappa shape index (κ3) is 3.28. The number of imidazole rings is 1. The highest BCUT2D eigenvalue weighted by molar-refractivity contribution is 5.78. The molecule has 0 saturated heterocycles. The Kier molecular flexibility index (Phi) is 5.06. The molecule has 1 aliphatic rings. The van der Waals surface area contributed by atoms with E-state index in [0.29, 0.717) is 24.3 Å². The van der Waals surface area contributed by atoms with Gasteiger partial charge >= 0.3 is 5.69 Å². The van der Waals surface area contributed by atoms with Gasteiger partial charge in [0.2, 0.25) is 5.95 Å². The van der Waals surface area contributed by atoms with Crippen molar-refractivity contribution in [1.82, 2.24) is 18.7 Å². The lowest BCUT2D eigenvalue weighted by Gasteiger charge is -2.17. The van der Waals surface area contributed by atoms with E-state index in [1.807, 2.05) is 4.57 Å². The minimum atomic E-state index is -0.284. The van der Waals surface area contributed by atoms with Crippen LogP contribution in [0.1, 0.15) is 43.7 Å². The van der Waals surface area contributed by atoms with Crippen LogP contribution in [-0.2, 0) is 20.1 Å². The smallest absolute Gasteiger partial charge is 0.310 e. The molecule has 4 rings (SSSR count). The lowest BCUT2D eigenvalue weighted by molar-refractivity contribution is 0.538. The van der Waals surface area contributed by atoms with E-state index in [1.54, 1.807) is 7.05 Å². The molecule has 3 aromatic rings. The summed E-state index contributed by atoms with van der Waals surface area (Å²) in [6.45, 7) is 8.21. The van der Waals surface area contributed by atoms with Crippen LogP contribution in [0.25, 0.3) is 11.2 Å². The molecule has 0 spiro atoms. The zero-order valence-electron chi connectivity index (χ0n) is 17.7. The van der Waals surface area contributed by atoms with Crippen molar-refractivity contribution in [3.05, 3.63) is 50.2 Å². The Balaban J connectivity index is 1.81. The second-order valence-corrected chi connectivity index (χ2v) is 8.09. The Morgan fingerprint density at radius 3 is 2.41 bits per heavy atom. The van der Waals surface area contributed by atoms with Crippen molar-refractivity contribution in [2.24, 2.45) is 7.05 Å². The van der Waals surface area contributed by atoms with Crippen molar-refractivity contribution in [1.29, 1.82) is 0 Å². The summed E-state index contributed by atoms with van der Waals surface area (Å²) in [5, 5.41) is 0. The maximum absolute atomic E-state index is 13.2. The zero-order valence-corrected chi connectivity index (χ0v) is 17.7. The summed E-state index contributed by atoms with van der Waals surface area (Å²) in [6.07, 6.45) is 4.10. The standard InChI is InChI=1S/C22H29N5O2/c1-5-6-7-8-9-27-20(28)18-19(24(4)22(27)29)23-21-25(10-11-26(18)21)17-13-15(2)12-16(3)14-17/h12-14H,5-11H2,1-4H3. The largest absolute Gasteiger partial charge is 0.332 e. The van der Waals surface area contributed by atoms with Crippen molar-refractivity contribution in [2.45, 2.75) is 59.5 Å². The first kappa shape index (κ1) is 19.5. The molecule has 0 amide bonds. The number of nitrogens with zero attached hydrogens (tertiary/aromatic N) is 5. The number of benzene rings is 1. The van der Waals surface area contributed by atoms with Crippen LogP contribution in [0.2, 0.25) is 0 Å². The molecule has 2 aromatic heterocycles. The molecule has 1 aromatic carbocycles. The highest BCUT2D eigenvalue weighted by Gasteiger charge is 2.28. The maximum Gasteiger partial charge on any atom is 0.332 e. The van der Waals surface area contributed by atoms with E-state index in [-0.39, 0.29) is 11.2 Å². The molecular weight excluding hydrogens is 366 g/mol. The number of unbranched alkanes of at least 4 members (excludes halogenated alkanes) is 3. The number of fused-ring (bicyclic) bond motifs is 3. The number of hydrogen-bond acceptors (Lipinski definition) is 4. The molecule has 0 radical (unpaired) electrons. The van der Waals surface area contributed by atoms with E-state index in [9.17, 15) is 9.59 Å². The third-order valence-corrected chi connectivity index (χ3v) is 5.75. The Bertz CT molecular complexity index is 1160. The Morgan fingerprint density at radius 1 is 1.00 bits per heavy atom. The summed E-state index contributed by atoms with van der Waals surface area (Å²) in [5.41, 5.74) is 3.95. The number of anilines is 2. The molecule has 0 saturated carbocycles. The van der Waals surface area contributed by atoms with E-state index >= 15 is 0 Å². The lowest BCUT2D eigenvalue weighted by atomic mass is 10.1. The van der Waals surface area contributed by atoms with Gasteiger partial charge in [0.25, 0.3) is 5.56 Å². The van der Waals surface area contributed by atoms with E-state index in [4.69, 9.17) is 4.98 Å². The maximum atomic E-state index is 13.2. The average Bonchev–Trinajstić information content (AvgIpc) is 3.24. The lowest BCUT2D eigenvalue weighted by Crippen LogP contribution is -2.39. The average molecular weight is 396 g/mol. The van der Waals surface area contributed by atoms with Crippen molar-refractivity contribution in [2.75, 3.05) is 11.4 Å². The van der Waals surface area contributed by atoms with Crippen LogP contribution in [0.3, 0.4) is 0 Å². The molecule has 0 fully saturated rings. The van der Waals surface area contributed by atoms with Gasteiger partial charge in [-0.3, -0.25) is 13.9 Å². The molecule has 29 heavy (non-hydrogen) atoms. The first-order chi connectivity index (χ1) is 13.9. The van der Waals surface area contributed by atoms with Gasteiger partial charge in [-0.1, -0.05) is 32.3 Å². The molecular formula is C22H29N5O2. The quantitative estimate of drug-likeness (QED) is 0.601. The summed E-state index contributed by atoms with van der Waals surface area (Å²) in [7, 11) is 1.70. The van der Waals surface area contributed by atoms with Crippen LogP contribution < -0.4 is 16.1 Å². The minimum Gasteiger partial charge on any atom is -0.310 e. The van der Waals surface area contributed by atoms with Gasteiger partial charge in [-0.05, 0) is 43.5 Å². The Labute approximate surface area is 170 Å². The molecule has 0 bridgehead atoms. The summed E-state index contributed by atoms with van der Waals surface area (Å²) in [5.74, 6) is 0.737. The molecule has 1 aliphatic heterocycles. The minimum absolute atomic E-state index is 0.222. The summed E-state index contributed by atoms with van der Waals surface area (Å²) in [6, 6.07) is 6.41. The van der Waals surface area contributed by atoms with E-state index in [2.05, 4.69) is 43.9 Å². The van der Waals surface area contributed by atoms with Gasteiger partial charge in [0, 0.05) is 32.4 Å². The predicted molar refractivity (Wildman–Crippen MR) is 116 cm³/mol. The fourth-order valence-electron chi connectivity index (χ4n) is 4.32. The van der Waals surface area contributed by atoms with Crippen LogP contribution in [0.4, 0.5) is 11.6 Å². The van der Waals surface area contributed by atoms with Gasteiger partial charge in [-0.2, -0.15) is 4.98 Å². The topological polar surface area (TPSA) is 65.1 Å². The van der Waals surface area contributed by atoms with Gasteiger partial charge in [-0.15, -0.1) is 0 Å². The molecule has 7 nitrogen and oxygen atoms in total. The summed E-state index contributed by atoms with van der Waals surface area (Å²) in [4.78, 5) is 32.9. The second-order valence-electron chi connectivity index (χ2n) is 8.09. The van der Waals surface area contributed by atoms with Gasteiger partial charge < -0.3 is 9.47 Å². The number of aromatic nitrogens is 4. The van der Waals surface area contributed by atoms with E-state index in [1.165, 1.54) is 20.3 Å². The number of rotatable bonds is 6. The van der Waals surface area contributed by atoms with Gasteiger partial charge in [0.15, 0.2) is 11.2 Å². The zero-order chi connectivity index (χ0) is 20.7. The molecule has 0 aliphatic carbocycles. The van der Waals surface area contributed by atoms with Crippen molar-refractivity contribution >= 4 is 22.8 Å².